The van der Waals surface area contributed by atoms with Crippen molar-refractivity contribution in [2.24, 2.45) is 0 Å². The minimum absolute atomic E-state index is 0.135. The number of aromatic nitrogens is 3. The molecule has 1 aliphatic rings. The second-order valence-corrected chi connectivity index (χ2v) is 9.36. The van der Waals surface area contributed by atoms with Crippen molar-refractivity contribution in [2.45, 2.75) is 72.3 Å². The molecule has 0 aliphatic carbocycles. The molecule has 3 aromatic rings. The van der Waals surface area contributed by atoms with E-state index in [4.69, 9.17) is 0 Å². The number of aryl methyl sites for hydroxylation is 2. The van der Waals surface area contributed by atoms with E-state index in [1.54, 1.807) is 0 Å². The normalized spacial score (nSPS) is 16.3. The van der Waals surface area contributed by atoms with Crippen molar-refractivity contribution in [3.8, 4) is 11.3 Å². The van der Waals surface area contributed by atoms with Crippen LogP contribution in [0, 0.1) is 19.7 Å². The molecule has 160 valence electrons. The highest BCUT2D eigenvalue weighted by atomic mass is 19.1. The lowest BCUT2D eigenvalue weighted by Gasteiger charge is -2.34. The minimum atomic E-state index is -0.135. The summed E-state index contributed by atoms with van der Waals surface area (Å²) < 4.78 is 15.9. The predicted octanol–water partition coefficient (Wildman–Crippen LogP) is 6.09. The lowest BCUT2D eigenvalue weighted by molar-refractivity contribution is 0.169. The second-order valence-electron chi connectivity index (χ2n) is 9.36. The van der Waals surface area contributed by atoms with Crippen LogP contribution in [-0.2, 0) is 0 Å². The van der Waals surface area contributed by atoms with E-state index < -0.39 is 0 Å². The number of likely N-dealkylation sites (tertiary alicyclic amines) is 1. The Bertz CT molecular complexity index is 1040. The Labute approximate surface area is 178 Å². The summed E-state index contributed by atoms with van der Waals surface area (Å²) in [5, 5.41) is 0.711. The van der Waals surface area contributed by atoms with Crippen LogP contribution < -0.4 is 0 Å². The van der Waals surface area contributed by atoms with E-state index in [1.165, 1.54) is 0 Å². The lowest BCUT2D eigenvalue weighted by atomic mass is 9.90. The molecule has 30 heavy (non-hydrogen) atoms. The van der Waals surface area contributed by atoms with Gasteiger partial charge in [-0.15, -0.1) is 0 Å². The van der Waals surface area contributed by atoms with Gasteiger partial charge < -0.3 is 9.88 Å². The van der Waals surface area contributed by atoms with Crippen molar-refractivity contribution >= 4 is 10.9 Å². The minimum Gasteiger partial charge on any atom is -0.353 e. The summed E-state index contributed by atoms with van der Waals surface area (Å²) in [4.78, 5) is 15.0. The maximum absolute atomic E-state index is 15.9. The number of rotatable bonds is 4. The van der Waals surface area contributed by atoms with Crippen LogP contribution in [0.15, 0.2) is 18.3 Å². The SMILES string of the molecule is Cc1cc(-c2[nH]c3cnc(C4CCN(C(C)C)CC4)c(F)c3c2C(C)C)cc(C)n1. The van der Waals surface area contributed by atoms with Crippen molar-refractivity contribution in [3.05, 3.63) is 46.8 Å². The molecule has 1 N–H and O–H groups in total. The zero-order valence-electron chi connectivity index (χ0n) is 19.0. The monoisotopic (exact) mass is 408 g/mol. The third-order valence-electron chi connectivity index (χ3n) is 6.44. The molecule has 0 aromatic carbocycles. The first-order valence-electron chi connectivity index (χ1n) is 11.2. The van der Waals surface area contributed by atoms with Crippen LogP contribution in [0.4, 0.5) is 4.39 Å². The summed E-state index contributed by atoms with van der Waals surface area (Å²) in [6, 6.07) is 4.67. The van der Waals surface area contributed by atoms with Gasteiger partial charge in [-0.05, 0) is 77.2 Å². The first kappa shape index (κ1) is 21.0. The Kier molecular flexibility index (Phi) is 5.67. The van der Waals surface area contributed by atoms with Crippen molar-refractivity contribution in [3.63, 3.8) is 0 Å². The molecular formula is C25H33FN4. The van der Waals surface area contributed by atoms with Gasteiger partial charge in [0.15, 0.2) is 5.82 Å². The van der Waals surface area contributed by atoms with Crippen LogP contribution in [0.2, 0.25) is 0 Å². The van der Waals surface area contributed by atoms with Gasteiger partial charge in [0.1, 0.15) is 0 Å². The van der Waals surface area contributed by atoms with Crippen molar-refractivity contribution in [1.29, 1.82) is 0 Å². The molecule has 4 rings (SSSR count). The number of H-pyrrole nitrogens is 1. The fourth-order valence-electron chi connectivity index (χ4n) is 4.94. The molecule has 0 saturated carbocycles. The van der Waals surface area contributed by atoms with Gasteiger partial charge in [0, 0.05) is 34.3 Å². The standard InChI is InChI=1S/C25H33FN4/c1-14(2)21-22-20(29-24(21)19-11-16(5)28-17(6)12-19)13-27-25(23(22)26)18-7-9-30(10-8-18)15(3)4/h11-15,18,29H,7-10H2,1-6H3. The Hall–Kier alpha value is -2.27. The van der Waals surface area contributed by atoms with E-state index >= 15 is 4.39 Å². The molecule has 4 heterocycles. The van der Waals surface area contributed by atoms with Crippen molar-refractivity contribution in [2.75, 3.05) is 13.1 Å². The quantitative estimate of drug-likeness (QED) is 0.568. The van der Waals surface area contributed by atoms with Crippen LogP contribution in [-0.4, -0.2) is 39.0 Å². The first-order valence-corrected chi connectivity index (χ1v) is 11.2. The number of nitrogens with zero attached hydrogens (tertiary/aromatic N) is 3. The Morgan fingerprint density at radius 3 is 2.27 bits per heavy atom. The highest BCUT2D eigenvalue weighted by Gasteiger charge is 2.28. The van der Waals surface area contributed by atoms with Crippen LogP contribution in [0.5, 0.6) is 0 Å². The molecule has 0 bridgehead atoms. The van der Waals surface area contributed by atoms with Crippen LogP contribution in [0.1, 0.15) is 75.0 Å². The topological polar surface area (TPSA) is 44.8 Å². The fraction of sp³-hybridized carbons (Fsp3) is 0.520. The molecule has 0 unspecified atom stereocenters. The molecule has 1 aliphatic heterocycles. The van der Waals surface area contributed by atoms with E-state index in [-0.39, 0.29) is 17.7 Å². The van der Waals surface area contributed by atoms with E-state index in [9.17, 15) is 0 Å². The van der Waals surface area contributed by atoms with E-state index in [0.717, 1.165) is 59.7 Å². The van der Waals surface area contributed by atoms with Gasteiger partial charge in [-0.2, -0.15) is 0 Å². The molecule has 1 saturated heterocycles. The number of hydrogen-bond acceptors (Lipinski definition) is 3. The average molecular weight is 409 g/mol. The Balaban J connectivity index is 1.81. The average Bonchev–Trinajstić information content (AvgIpc) is 3.08. The number of pyridine rings is 2. The van der Waals surface area contributed by atoms with Gasteiger partial charge in [0.25, 0.3) is 0 Å². The highest BCUT2D eigenvalue weighted by Crippen LogP contribution is 2.39. The Morgan fingerprint density at radius 1 is 1.07 bits per heavy atom. The zero-order chi connectivity index (χ0) is 21.6. The second kappa shape index (κ2) is 8.10. The summed E-state index contributed by atoms with van der Waals surface area (Å²) in [6.45, 7) is 14.7. The molecule has 0 atom stereocenters. The van der Waals surface area contributed by atoms with E-state index in [0.29, 0.717) is 17.1 Å². The molecule has 3 aromatic heterocycles. The maximum Gasteiger partial charge on any atom is 0.154 e. The third-order valence-corrected chi connectivity index (χ3v) is 6.44. The summed E-state index contributed by atoms with van der Waals surface area (Å²) >= 11 is 0. The van der Waals surface area contributed by atoms with E-state index in [1.807, 2.05) is 20.0 Å². The van der Waals surface area contributed by atoms with Gasteiger partial charge in [-0.25, -0.2) is 4.39 Å². The van der Waals surface area contributed by atoms with Gasteiger partial charge in [-0.1, -0.05) is 13.8 Å². The van der Waals surface area contributed by atoms with Crippen LogP contribution >= 0.6 is 0 Å². The molecule has 0 radical (unpaired) electrons. The first-order chi connectivity index (χ1) is 14.3. The summed E-state index contributed by atoms with van der Waals surface area (Å²) in [7, 11) is 0. The molecular weight excluding hydrogens is 375 g/mol. The molecule has 4 nitrogen and oxygen atoms in total. The Morgan fingerprint density at radius 2 is 1.70 bits per heavy atom. The number of aromatic amines is 1. The number of hydrogen-bond donors (Lipinski definition) is 1. The number of fused-ring (bicyclic) bond motifs is 1. The van der Waals surface area contributed by atoms with Crippen LogP contribution in [0.25, 0.3) is 22.2 Å². The van der Waals surface area contributed by atoms with Gasteiger partial charge in [0.2, 0.25) is 0 Å². The molecule has 1 fully saturated rings. The van der Waals surface area contributed by atoms with Crippen LogP contribution in [0.3, 0.4) is 0 Å². The molecule has 0 spiro atoms. The third kappa shape index (κ3) is 3.76. The number of piperidine rings is 1. The zero-order valence-corrected chi connectivity index (χ0v) is 19.0. The largest absolute Gasteiger partial charge is 0.353 e. The van der Waals surface area contributed by atoms with Gasteiger partial charge in [-0.3, -0.25) is 9.97 Å². The van der Waals surface area contributed by atoms with E-state index in [2.05, 4.69) is 59.7 Å². The summed E-state index contributed by atoms with van der Waals surface area (Å²) in [5.74, 6) is 0.243. The molecule has 5 heteroatoms. The summed E-state index contributed by atoms with van der Waals surface area (Å²) in [6.07, 6.45) is 3.76. The van der Waals surface area contributed by atoms with Crippen molar-refractivity contribution < 1.29 is 4.39 Å². The fourth-order valence-corrected chi connectivity index (χ4v) is 4.94. The number of nitrogens with one attached hydrogen (secondary N) is 1. The molecule has 0 amide bonds. The van der Waals surface area contributed by atoms with Crippen molar-refractivity contribution in [1.82, 2.24) is 19.9 Å². The van der Waals surface area contributed by atoms with Gasteiger partial charge in [0.05, 0.1) is 23.1 Å². The predicted molar refractivity (Wildman–Crippen MR) is 122 cm³/mol. The maximum atomic E-state index is 15.9. The highest BCUT2D eigenvalue weighted by molar-refractivity contribution is 5.91. The number of halogens is 1. The van der Waals surface area contributed by atoms with Gasteiger partial charge >= 0.3 is 0 Å². The smallest absolute Gasteiger partial charge is 0.154 e. The summed E-state index contributed by atoms with van der Waals surface area (Å²) in [5.41, 5.74) is 6.44. The lowest BCUT2D eigenvalue weighted by Crippen LogP contribution is -2.38.